The number of ether oxygens (including phenoxy) is 3. The summed E-state index contributed by atoms with van der Waals surface area (Å²) in [6, 6.07) is 19.2. The van der Waals surface area contributed by atoms with E-state index >= 15 is 4.39 Å². The Balaban J connectivity index is 1.19. The lowest BCUT2D eigenvalue weighted by Crippen LogP contribution is -2.41. The lowest BCUT2D eigenvalue weighted by molar-refractivity contribution is -0.241. The van der Waals surface area contributed by atoms with Crippen LogP contribution in [0.5, 0.6) is 0 Å². The van der Waals surface area contributed by atoms with E-state index in [2.05, 4.69) is 6.92 Å². The first-order chi connectivity index (χ1) is 23.9. The normalized spacial score (nSPS) is 16.2. The largest absolute Gasteiger partial charge is 0.462 e. The summed E-state index contributed by atoms with van der Waals surface area (Å²) >= 11 is 0. The number of hydrogen-bond acceptors (Lipinski definition) is 7. The minimum Gasteiger partial charge on any atom is -0.462 e. The van der Waals surface area contributed by atoms with E-state index in [0.717, 1.165) is 63.1 Å². The van der Waals surface area contributed by atoms with E-state index in [0.29, 0.717) is 29.8 Å². The van der Waals surface area contributed by atoms with Gasteiger partial charge in [-0.1, -0.05) is 115 Å². The van der Waals surface area contributed by atoms with Crippen LogP contribution in [0.3, 0.4) is 0 Å². The van der Waals surface area contributed by atoms with Crippen molar-refractivity contribution < 1.29 is 38.0 Å². The van der Waals surface area contributed by atoms with Crippen LogP contribution in [0.4, 0.5) is 4.39 Å². The van der Waals surface area contributed by atoms with Gasteiger partial charge in [0.05, 0.1) is 43.7 Å². The Morgan fingerprint density at radius 2 is 1.51 bits per heavy atom. The van der Waals surface area contributed by atoms with Crippen LogP contribution < -0.4 is 0 Å². The van der Waals surface area contributed by atoms with Gasteiger partial charge in [-0.25, -0.2) is 14.0 Å². The Morgan fingerprint density at radius 3 is 2.14 bits per heavy atom. The summed E-state index contributed by atoms with van der Waals surface area (Å²) in [5.41, 5.74) is 3.01. The maximum Gasteiger partial charge on any atom is 0.373 e. The van der Waals surface area contributed by atoms with E-state index in [1.165, 1.54) is 44.2 Å². The van der Waals surface area contributed by atoms with E-state index in [1.807, 2.05) is 50.2 Å². The maximum atomic E-state index is 15.2. The fourth-order valence-corrected chi connectivity index (χ4v) is 5.62. The highest BCUT2D eigenvalue weighted by atomic mass is 19.1. The number of carbonyl (C=O) groups is 2. The Hall–Kier alpha value is -3.59. The molecule has 8 heteroatoms. The lowest BCUT2D eigenvalue weighted by Gasteiger charge is -2.33. The van der Waals surface area contributed by atoms with Crippen LogP contribution in [0.25, 0.3) is 22.3 Å². The van der Waals surface area contributed by atoms with Gasteiger partial charge >= 0.3 is 11.9 Å². The van der Waals surface area contributed by atoms with Crippen molar-refractivity contribution in [3.05, 3.63) is 83.7 Å². The summed E-state index contributed by atoms with van der Waals surface area (Å²) in [5.74, 6) is -1.19. The summed E-state index contributed by atoms with van der Waals surface area (Å²) in [7, 11) is 0. The number of halogens is 1. The molecule has 0 radical (unpaired) electrons. The smallest absolute Gasteiger partial charge is 0.373 e. The van der Waals surface area contributed by atoms with E-state index in [-0.39, 0.29) is 23.7 Å². The standard InChI is InChI=1S/C41H53FO7/c1-4-30(2)27-47-41(44)36-22-19-33(26-38(36)42)37-25-34(20-21-35(37)32-17-13-12-14-18-32)40(43)49-48-24-16-11-9-7-5-6-8-10-15-23-45-29-39-31(3)28-46-39/h12-14,17-22,25-26,30-31,39H,4-11,15-16,23-24,27-29H2,1-3H3/t30?,31?,39-/m0/s1. The summed E-state index contributed by atoms with van der Waals surface area (Å²) in [6.07, 6.45) is 11.3. The summed E-state index contributed by atoms with van der Waals surface area (Å²) in [6.45, 7) is 9.15. The molecule has 0 aromatic heterocycles. The Kier molecular flexibility index (Phi) is 16.2. The van der Waals surface area contributed by atoms with Crippen LogP contribution in [0, 0.1) is 17.7 Å². The Morgan fingerprint density at radius 1 is 0.816 bits per heavy atom. The van der Waals surface area contributed by atoms with Crippen molar-refractivity contribution >= 4 is 11.9 Å². The van der Waals surface area contributed by atoms with E-state index in [4.69, 9.17) is 24.0 Å². The molecule has 49 heavy (non-hydrogen) atoms. The first-order valence-corrected chi connectivity index (χ1v) is 18.1. The predicted octanol–water partition coefficient (Wildman–Crippen LogP) is 10.0. The summed E-state index contributed by atoms with van der Waals surface area (Å²) in [4.78, 5) is 35.8. The third-order valence-corrected chi connectivity index (χ3v) is 9.18. The van der Waals surface area contributed by atoms with E-state index < -0.39 is 17.8 Å². The SMILES string of the molecule is CCC(C)COC(=O)c1ccc(-c2cc(C(=O)OOCCCCCCCCCCCOC[C@@H]3OCC3C)ccc2-c2ccccc2)cc1F. The van der Waals surface area contributed by atoms with Gasteiger partial charge in [-0.15, -0.1) is 0 Å². The number of benzene rings is 3. The lowest BCUT2D eigenvalue weighted by atomic mass is 9.92. The number of esters is 1. The van der Waals surface area contributed by atoms with Gasteiger partial charge in [0.1, 0.15) is 5.82 Å². The first-order valence-electron chi connectivity index (χ1n) is 18.1. The van der Waals surface area contributed by atoms with Crippen LogP contribution in [0.15, 0.2) is 66.7 Å². The van der Waals surface area contributed by atoms with Gasteiger partial charge in [-0.05, 0) is 65.3 Å². The molecule has 3 aromatic carbocycles. The van der Waals surface area contributed by atoms with Crippen molar-refractivity contribution in [2.24, 2.45) is 11.8 Å². The second-order valence-electron chi connectivity index (χ2n) is 13.2. The molecule has 1 heterocycles. The molecule has 7 nitrogen and oxygen atoms in total. The highest BCUT2D eigenvalue weighted by molar-refractivity contribution is 5.95. The monoisotopic (exact) mass is 676 g/mol. The topological polar surface area (TPSA) is 80.3 Å². The van der Waals surface area contributed by atoms with Crippen LogP contribution in [-0.2, 0) is 24.0 Å². The minimum absolute atomic E-state index is 0.126. The van der Waals surface area contributed by atoms with Gasteiger partial charge in [-0.2, -0.15) is 4.89 Å². The van der Waals surface area contributed by atoms with E-state index in [1.54, 1.807) is 18.2 Å². The average molecular weight is 677 g/mol. The summed E-state index contributed by atoms with van der Waals surface area (Å²) < 4.78 is 31.7. The summed E-state index contributed by atoms with van der Waals surface area (Å²) in [5, 5.41) is 0. The second kappa shape index (κ2) is 20.8. The molecule has 0 saturated carbocycles. The van der Waals surface area contributed by atoms with Crippen molar-refractivity contribution in [2.45, 2.75) is 91.1 Å². The van der Waals surface area contributed by atoms with Gasteiger partial charge in [-0.3, -0.25) is 4.89 Å². The Labute approximate surface area is 291 Å². The van der Waals surface area contributed by atoms with Crippen LogP contribution in [0.1, 0.15) is 106 Å². The number of hydrogen-bond donors (Lipinski definition) is 0. The molecule has 1 aliphatic heterocycles. The molecule has 3 aromatic rings. The van der Waals surface area contributed by atoms with Gasteiger partial charge in [0.15, 0.2) is 0 Å². The van der Waals surface area contributed by atoms with Gasteiger partial charge in [0.2, 0.25) is 0 Å². The number of rotatable bonds is 22. The van der Waals surface area contributed by atoms with Crippen molar-refractivity contribution in [1.29, 1.82) is 0 Å². The molecule has 0 N–H and O–H groups in total. The highest BCUT2D eigenvalue weighted by Crippen LogP contribution is 2.34. The molecule has 0 aliphatic carbocycles. The quantitative estimate of drug-likeness (QED) is 0.0454. The molecule has 4 rings (SSSR count). The third kappa shape index (κ3) is 12.4. The van der Waals surface area contributed by atoms with Crippen molar-refractivity contribution in [3.63, 3.8) is 0 Å². The maximum absolute atomic E-state index is 15.2. The number of carbonyl (C=O) groups excluding carboxylic acids is 2. The molecule has 1 aliphatic rings. The molecule has 0 bridgehead atoms. The molecule has 1 saturated heterocycles. The molecular formula is C41H53FO7. The molecule has 1 fully saturated rings. The molecule has 266 valence electrons. The molecule has 0 spiro atoms. The number of unbranched alkanes of at least 4 members (excludes halogenated alkanes) is 8. The first kappa shape index (κ1) is 38.2. The second-order valence-corrected chi connectivity index (χ2v) is 13.2. The van der Waals surface area contributed by atoms with Gasteiger partial charge < -0.3 is 14.2 Å². The van der Waals surface area contributed by atoms with Gasteiger partial charge in [0, 0.05) is 12.5 Å². The zero-order valence-electron chi connectivity index (χ0n) is 29.4. The van der Waals surface area contributed by atoms with Crippen LogP contribution in [0.2, 0.25) is 0 Å². The fraction of sp³-hybridized carbons (Fsp3) is 0.512. The average Bonchev–Trinajstić information content (AvgIpc) is 3.12. The third-order valence-electron chi connectivity index (χ3n) is 9.18. The Bertz CT molecular complexity index is 1440. The van der Waals surface area contributed by atoms with Crippen molar-refractivity contribution in [1.82, 2.24) is 0 Å². The minimum atomic E-state index is -0.695. The molecular weight excluding hydrogens is 623 g/mol. The zero-order chi connectivity index (χ0) is 34.8. The van der Waals surface area contributed by atoms with Crippen LogP contribution >= 0.6 is 0 Å². The molecule has 3 atom stereocenters. The molecule has 0 amide bonds. The highest BCUT2D eigenvalue weighted by Gasteiger charge is 2.27. The molecule has 2 unspecified atom stereocenters. The van der Waals surface area contributed by atoms with E-state index in [9.17, 15) is 9.59 Å². The van der Waals surface area contributed by atoms with Crippen molar-refractivity contribution in [2.75, 3.05) is 33.0 Å². The van der Waals surface area contributed by atoms with Gasteiger partial charge in [0.25, 0.3) is 0 Å². The van der Waals surface area contributed by atoms with Crippen molar-refractivity contribution in [3.8, 4) is 22.3 Å². The van der Waals surface area contributed by atoms with Crippen LogP contribution in [-0.4, -0.2) is 51.1 Å². The predicted molar refractivity (Wildman–Crippen MR) is 190 cm³/mol. The zero-order valence-corrected chi connectivity index (χ0v) is 29.4. The fourth-order valence-electron chi connectivity index (χ4n) is 5.62.